The van der Waals surface area contributed by atoms with E-state index in [2.05, 4.69) is 26.6 Å². The van der Waals surface area contributed by atoms with Crippen LogP contribution in [-0.2, 0) is 0 Å². The zero-order valence-electron chi connectivity index (χ0n) is 17.1. The Balaban J connectivity index is 1.61. The van der Waals surface area contributed by atoms with Crippen molar-refractivity contribution >= 4 is 39.2 Å². The number of hydrogen-bond acceptors (Lipinski definition) is 2. The fourth-order valence-corrected chi connectivity index (χ4v) is 3.20. The molecule has 0 unspecified atom stereocenters. The number of hydrogen-bond donors (Lipinski definition) is 2. The Morgan fingerprint density at radius 2 is 1.58 bits per heavy atom. The van der Waals surface area contributed by atoms with Gasteiger partial charge in [-0.3, -0.25) is 9.69 Å². The molecule has 0 aromatic heterocycles. The van der Waals surface area contributed by atoms with E-state index in [-0.39, 0.29) is 17.8 Å². The summed E-state index contributed by atoms with van der Waals surface area (Å²) in [7, 11) is 0. The third kappa shape index (κ3) is 6.65. The monoisotopic (exact) mass is 483 g/mol. The smallest absolute Gasteiger partial charge is 0.326 e. The van der Waals surface area contributed by atoms with E-state index in [9.17, 15) is 14.0 Å². The molecular weight excluding hydrogens is 461 g/mol. The first kappa shape index (κ1) is 22.5. The van der Waals surface area contributed by atoms with Crippen LogP contribution >= 0.6 is 15.9 Å². The number of halogens is 2. The van der Waals surface area contributed by atoms with E-state index in [1.165, 1.54) is 17.0 Å². The first-order valence-corrected chi connectivity index (χ1v) is 10.7. The minimum absolute atomic E-state index is 0.176. The van der Waals surface area contributed by atoms with E-state index in [1.807, 2.05) is 31.2 Å². The van der Waals surface area contributed by atoms with E-state index >= 15 is 0 Å². The van der Waals surface area contributed by atoms with Crippen LogP contribution in [0.4, 0.5) is 20.6 Å². The lowest BCUT2D eigenvalue weighted by Crippen LogP contribution is -2.37. The standard InChI is InChI=1S/C24H23BrFN3O2/c1-17-3-11-21(12-4-17)28-24(31)29(22-13-9-20(26)10-14-22)16-2-15-27-23(30)18-5-7-19(25)8-6-18/h3-14H,2,15-16H2,1H3,(H,27,30)(H,28,31). The lowest BCUT2D eigenvalue weighted by molar-refractivity contribution is 0.0953. The third-order valence-electron chi connectivity index (χ3n) is 4.64. The molecule has 0 fully saturated rings. The van der Waals surface area contributed by atoms with Gasteiger partial charge in [-0.25, -0.2) is 9.18 Å². The second-order valence-electron chi connectivity index (χ2n) is 7.04. The molecule has 3 amide bonds. The highest BCUT2D eigenvalue weighted by atomic mass is 79.9. The molecule has 3 rings (SSSR count). The second-order valence-corrected chi connectivity index (χ2v) is 7.96. The van der Waals surface area contributed by atoms with Gasteiger partial charge >= 0.3 is 6.03 Å². The van der Waals surface area contributed by atoms with Crippen LogP contribution in [0.1, 0.15) is 22.3 Å². The zero-order valence-corrected chi connectivity index (χ0v) is 18.7. The number of amides is 3. The highest BCUT2D eigenvalue weighted by Crippen LogP contribution is 2.18. The van der Waals surface area contributed by atoms with Crippen molar-refractivity contribution in [1.82, 2.24) is 5.32 Å². The number of benzene rings is 3. The fourth-order valence-electron chi connectivity index (χ4n) is 2.94. The van der Waals surface area contributed by atoms with Crippen molar-refractivity contribution in [3.05, 3.63) is 94.2 Å². The SMILES string of the molecule is Cc1ccc(NC(=O)N(CCCNC(=O)c2ccc(Br)cc2)c2ccc(F)cc2)cc1. The van der Waals surface area contributed by atoms with Gasteiger partial charge in [-0.05, 0) is 74.0 Å². The number of nitrogens with zero attached hydrogens (tertiary/aromatic N) is 1. The van der Waals surface area contributed by atoms with Gasteiger partial charge in [0.05, 0.1) is 0 Å². The van der Waals surface area contributed by atoms with Gasteiger partial charge in [-0.15, -0.1) is 0 Å². The summed E-state index contributed by atoms with van der Waals surface area (Å²) in [4.78, 5) is 26.7. The highest BCUT2D eigenvalue weighted by molar-refractivity contribution is 9.10. The molecule has 0 atom stereocenters. The van der Waals surface area contributed by atoms with Gasteiger partial charge in [0.2, 0.25) is 0 Å². The first-order valence-electron chi connectivity index (χ1n) is 9.87. The number of anilines is 2. The van der Waals surface area contributed by atoms with Gasteiger partial charge in [0.25, 0.3) is 5.91 Å². The van der Waals surface area contributed by atoms with Gasteiger partial charge in [0.15, 0.2) is 0 Å². The third-order valence-corrected chi connectivity index (χ3v) is 5.17. The Kier molecular flexibility index (Phi) is 7.78. The molecule has 2 N–H and O–H groups in total. The molecule has 31 heavy (non-hydrogen) atoms. The van der Waals surface area contributed by atoms with Crippen molar-refractivity contribution in [2.75, 3.05) is 23.3 Å². The lowest BCUT2D eigenvalue weighted by atomic mass is 10.2. The summed E-state index contributed by atoms with van der Waals surface area (Å²) in [5.74, 6) is -0.547. The average molecular weight is 484 g/mol. The number of urea groups is 1. The fraction of sp³-hybridized carbons (Fsp3) is 0.167. The molecule has 0 spiro atoms. The molecule has 3 aromatic carbocycles. The van der Waals surface area contributed by atoms with E-state index in [1.54, 1.807) is 36.4 Å². The molecule has 160 valence electrons. The molecule has 0 aliphatic heterocycles. The van der Waals surface area contributed by atoms with Gasteiger partial charge < -0.3 is 10.6 Å². The quantitative estimate of drug-likeness (QED) is 0.420. The van der Waals surface area contributed by atoms with Crippen LogP contribution in [0.5, 0.6) is 0 Å². The molecule has 0 saturated carbocycles. The molecule has 5 nitrogen and oxygen atoms in total. The number of aryl methyl sites for hydroxylation is 1. The minimum Gasteiger partial charge on any atom is -0.352 e. The van der Waals surface area contributed by atoms with Crippen LogP contribution in [0.25, 0.3) is 0 Å². The van der Waals surface area contributed by atoms with Crippen LogP contribution in [0.3, 0.4) is 0 Å². The van der Waals surface area contributed by atoms with E-state index in [4.69, 9.17) is 0 Å². The molecule has 0 bridgehead atoms. The predicted molar refractivity (Wildman–Crippen MR) is 125 cm³/mol. The Hall–Kier alpha value is -3.19. The molecule has 0 radical (unpaired) electrons. The summed E-state index contributed by atoms with van der Waals surface area (Å²) in [5.41, 5.74) is 2.90. The van der Waals surface area contributed by atoms with Gasteiger partial charge in [-0.2, -0.15) is 0 Å². The van der Waals surface area contributed by atoms with Crippen LogP contribution < -0.4 is 15.5 Å². The predicted octanol–water partition coefficient (Wildman–Crippen LogP) is 5.76. The Morgan fingerprint density at radius 1 is 0.935 bits per heavy atom. The van der Waals surface area contributed by atoms with E-state index in [0.717, 1.165) is 10.0 Å². The van der Waals surface area contributed by atoms with E-state index in [0.29, 0.717) is 36.4 Å². The largest absolute Gasteiger partial charge is 0.352 e. The number of carbonyl (C=O) groups is 2. The molecular formula is C24H23BrFN3O2. The van der Waals surface area contributed by atoms with Crippen molar-refractivity contribution in [2.45, 2.75) is 13.3 Å². The Bertz CT molecular complexity index is 1020. The van der Waals surface area contributed by atoms with Crippen molar-refractivity contribution in [3.8, 4) is 0 Å². The van der Waals surface area contributed by atoms with E-state index < -0.39 is 0 Å². The van der Waals surface area contributed by atoms with Gasteiger partial charge in [0.1, 0.15) is 5.82 Å². The maximum atomic E-state index is 13.3. The number of rotatable bonds is 7. The molecule has 0 heterocycles. The van der Waals surface area contributed by atoms with Crippen molar-refractivity contribution in [3.63, 3.8) is 0 Å². The zero-order chi connectivity index (χ0) is 22.2. The summed E-state index contributed by atoms with van der Waals surface area (Å²) in [6.45, 7) is 2.72. The normalized spacial score (nSPS) is 10.4. The van der Waals surface area contributed by atoms with Crippen molar-refractivity contribution in [1.29, 1.82) is 0 Å². The summed E-state index contributed by atoms with van der Waals surface area (Å²) >= 11 is 3.34. The van der Waals surface area contributed by atoms with Crippen LogP contribution in [-0.4, -0.2) is 25.0 Å². The minimum atomic E-state index is -0.371. The number of nitrogens with one attached hydrogen (secondary N) is 2. The first-order chi connectivity index (χ1) is 14.9. The summed E-state index contributed by atoms with van der Waals surface area (Å²) < 4.78 is 14.2. The van der Waals surface area contributed by atoms with Crippen LogP contribution in [0.2, 0.25) is 0 Å². The summed E-state index contributed by atoms with van der Waals surface area (Å²) in [6.07, 6.45) is 0.529. The van der Waals surface area contributed by atoms with Crippen LogP contribution in [0.15, 0.2) is 77.3 Å². The van der Waals surface area contributed by atoms with Gasteiger partial charge in [-0.1, -0.05) is 33.6 Å². The Labute approximate surface area is 189 Å². The Morgan fingerprint density at radius 3 is 2.23 bits per heavy atom. The van der Waals surface area contributed by atoms with Crippen LogP contribution in [0, 0.1) is 12.7 Å². The van der Waals surface area contributed by atoms with Crippen molar-refractivity contribution in [2.24, 2.45) is 0 Å². The molecule has 0 saturated heterocycles. The maximum Gasteiger partial charge on any atom is 0.326 e. The molecule has 0 aliphatic carbocycles. The lowest BCUT2D eigenvalue weighted by Gasteiger charge is -2.23. The van der Waals surface area contributed by atoms with Crippen molar-refractivity contribution < 1.29 is 14.0 Å². The topological polar surface area (TPSA) is 61.4 Å². The molecule has 0 aliphatic rings. The maximum absolute atomic E-state index is 13.3. The molecule has 3 aromatic rings. The number of carbonyl (C=O) groups excluding carboxylic acids is 2. The second kappa shape index (κ2) is 10.7. The summed E-state index contributed by atoms with van der Waals surface area (Å²) in [5, 5.41) is 5.72. The van der Waals surface area contributed by atoms with Gasteiger partial charge in [0, 0.05) is 34.5 Å². The molecule has 7 heteroatoms. The summed E-state index contributed by atoms with van der Waals surface area (Å²) in [6, 6.07) is 20.0. The highest BCUT2D eigenvalue weighted by Gasteiger charge is 2.16. The average Bonchev–Trinajstić information content (AvgIpc) is 2.76.